The number of thioether (sulfide) groups is 1. The average molecular weight is 515 g/mol. The number of piperazine rings is 2. The van der Waals surface area contributed by atoms with E-state index in [4.69, 9.17) is 4.99 Å². The number of nitrogens with one attached hydrogen (secondary N) is 2. The molecule has 2 N–H and O–H groups in total. The fourth-order valence-corrected chi connectivity index (χ4v) is 6.05. The second-order valence-electron chi connectivity index (χ2n) is 9.75. The first-order chi connectivity index (χ1) is 17.4. The number of nitrogens with zero attached hydrogens (tertiary/aromatic N) is 6. The maximum Gasteiger partial charge on any atom is 0.245 e. The third-order valence-corrected chi connectivity index (χ3v) is 8.39. The fourth-order valence-electron chi connectivity index (χ4n) is 4.86. The van der Waals surface area contributed by atoms with Gasteiger partial charge in [0, 0.05) is 58.9 Å². The lowest BCUT2D eigenvalue weighted by Gasteiger charge is -2.38. The SMILES string of the molecule is CN1CCN(C(=O)C(SC2=NC3NNCC3C(=O)N2c2ccccc2)C(=O)N2CCN(C)CC2)CC1. The number of para-hydroxylation sites is 1. The van der Waals surface area contributed by atoms with E-state index in [-0.39, 0.29) is 23.6 Å². The molecule has 2 unspecified atom stereocenters. The molecule has 12 heteroatoms. The maximum absolute atomic E-state index is 13.8. The van der Waals surface area contributed by atoms with Gasteiger partial charge < -0.3 is 19.6 Å². The van der Waals surface area contributed by atoms with E-state index in [0.29, 0.717) is 43.6 Å². The van der Waals surface area contributed by atoms with Gasteiger partial charge in [0.15, 0.2) is 10.4 Å². The lowest BCUT2D eigenvalue weighted by molar-refractivity contribution is -0.141. The highest BCUT2D eigenvalue weighted by molar-refractivity contribution is 8.15. The van der Waals surface area contributed by atoms with Gasteiger partial charge in [0.05, 0.1) is 11.6 Å². The molecular weight excluding hydrogens is 480 g/mol. The number of amidine groups is 1. The molecule has 0 spiro atoms. The van der Waals surface area contributed by atoms with Gasteiger partial charge in [0.25, 0.3) is 0 Å². The van der Waals surface area contributed by atoms with Crippen LogP contribution in [0.2, 0.25) is 0 Å². The lowest BCUT2D eigenvalue weighted by Crippen LogP contribution is -2.57. The Bertz CT molecular complexity index is 974. The van der Waals surface area contributed by atoms with Crippen LogP contribution in [0, 0.1) is 5.92 Å². The van der Waals surface area contributed by atoms with E-state index in [2.05, 4.69) is 20.7 Å². The van der Waals surface area contributed by atoms with Crippen molar-refractivity contribution in [1.82, 2.24) is 30.5 Å². The van der Waals surface area contributed by atoms with Gasteiger partial charge in [-0.25, -0.2) is 10.4 Å². The molecule has 36 heavy (non-hydrogen) atoms. The van der Waals surface area contributed by atoms with Crippen LogP contribution in [0.3, 0.4) is 0 Å². The van der Waals surface area contributed by atoms with Crippen molar-refractivity contribution in [2.45, 2.75) is 11.4 Å². The van der Waals surface area contributed by atoms with Gasteiger partial charge in [-0.05, 0) is 26.2 Å². The van der Waals surface area contributed by atoms with Crippen molar-refractivity contribution in [2.75, 3.05) is 77.9 Å². The first kappa shape index (κ1) is 25.2. The van der Waals surface area contributed by atoms with E-state index < -0.39 is 11.4 Å². The number of amides is 3. The number of carbonyl (C=O) groups excluding carboxylic acids is 3. The standard InChI is InChI=1S/C24H34N8O3S/c1-28-8-12-30(13-9-28)22(34)19(23(35)31-14-10-29(2)11-15-31)36-24-26-20-18(16-25-27-20)21(33)32(24)17-6-4-3-5-7-17/h3-7,18-20,25,27H,8-16H2,1-2H3. The van der Waals surface area contributed by atoms with Crippen LogP contribution in [0.5, 0.6) is 0 Å². The maximum atomic E-state index is 13.8. The first-order valence-electron chi connectivity index (χ1n) is 12.5. The molecule has 0 aliphatic carbocycles. The van der Waals surface area contributed by atoms with E-state index in [9.17, 15) is 14.4 Å². The summed E-state index contributed by atoms with van der Waals surface area (Å²) in [5.41, 5.74) is 6.76. The van der Waals surface area contributed by atoms with Crippen molar-refractivity contribution in [3.63, 3.8) is 0 Å². The van der Waals surface area contributed by atoms with Crippen LogP contribution in [0.1, 0.15) is 0 Å². The van der Waals surface area contributed by atoms with Crippen LogP contribution in [0.4, 0.5) is 5.69 Å². The van der Waals surface area contributed by atoms with E-state index in [1.54, 1.807) is 14.7 Å². The molecule has 3 saturated heterocycles. The highest BCUT2D eigenvalue weighted by atomic mass is 32.2. The number of benzene rings is 1. The number of anilines is 1. The number of aliphatic imine (C=N–C) groups is 1. The van der Waals surface area contributed by atoms with Crippen molar-refractivity contribution in [1.29, 1.82) is 0 Å². The van der Waals surface area contributed by atoms with Gasteiger partial charge in [0.2, 0.25) is 17.7 Å². The van der Waals surface area contributed by atoms with E-state index >= 15 is 0 Å². The molecule has 0 radical (unpaired) electrons. The monoisotopic (exact) mass is 514 g/mol. The van der Waals surface area contributed by atoms with E-state index in [1.165, 1.54) is 0 Å². The van der Waals surface area contributed by atoms with Gasteiger partial charge in [-0.3, -0.25) is 24.7 Å². The number of rotatable bonds is 4. The Morgan fingerprint density at radius 1 is 0.917 bits per heavy atom. The molecule has 3 amide bonds. The largest absolute Gasteiger partial charge is 0.339 e. The van der Waals surface area contributed by atoms with Crippen molar-refractivity contribution in [3.8, 4) is 0 Å². The van der Waals surface area contributed by atoms with Crippen LogP contribution in [0.15, 0.2) is 35.3 Å². The zero-order valence-corrected chi connectivity index (χ0v) is 21.6. The molecule has 4 aliphatic rings. The molecule has 0 bridgehead atoms. The number of hydrogen-bond acceptors (Lipinski definition) is 9. The molecule has 3 fully saturated rings. The van der Waals surface area contributed by atoms with Crippen molar-refractivity contribution in [3.05, 3.63) is 30.3 Å². The predicted molar refractivity (Wildman–Crippen MR) is 139 cm³/mol. The minimum atomic E-state index is -1.000. The Labute approximate surface area is 215 Å². The topological polar surface area (TPSA) is 104 Å². The number of carbonyl (C=O) groups is 3. The number of fused-ring (bicyclic) bond motifs is 1. The van der Waals surface area contributed by atoms with Crippen LogP contribution < -0.4 is 15.8 Å². The molecule has 1 aromatic carbocycles. The second kappa shape index (κ2) is 10.9. The Morgan fingerprint density at radius 3 is 2.03 bits per heavy atom. The molecule has 0 saturated carbocycles. The Morgan fingerprint density at radius 2 is 1.47 bits per heavy atom. The summed E-state index contributed by atoms with van der Waals surface area (Å²) in [6.07, 6.45) is -0.432. The first-order valence-corrected chi connectivity index (χ1v) is 13.4. The van der Waals surface area contributed by atoms with Gasteiger partial charge in [0.1, 0.15) is 6.17 Å². The average Bonchev–Trinajstić information content (AvgIpc) is 3.37. The highest BCUT2D eigenvalue weighted by Crippen LogP contribution is 2.32. The summed E-state index contributed by atoms with van der Waals surface area (Å²) in [7, 11) is 4.06. The molecule has 4 aliphatic heterocycles. The summed E-state index contributed by atoms with van der Waals surface area (Å²) in [6, 6.07) is 9.32. The van der Waals surface area contributed by atoms with Gasteiger partial charge in [-0.1, -0.05) is 30.0 Å². The molecular formula is C24H34N8O3S. The smallest absolute Gasteiger partial charge is 0.245 e. The number of hydrogen-bond donors (Lipinski definition) is 2. The van der Waals surface area contributed by atoms with Crippen LogP contribution >= 0.6 is 11.8 Å². The summed E-state index contributed by atoms with van der Waals surface area (Å²) >= 11 is 1.10. The summed E-state index contributed by atoms with van der Waals surface area (Å²) in [6.45, 7) is 5.83. The minimum absolute atomic E-state index is 0.0981. The zero-order valence-electron chi connectivity index (χ0n) is 20.8. The third-order valence-electron chi connectivity index (χ3n) is 7.25. The normalized spacial score (nSPS) is 25.8. The Balaban J connectivity index is 1.46. The molecule has 2 atom stereocenters. The summed E-state index contributed by atoms with van der Waals surface area (Å²) in [5, 5.41) is -0.626. The number of hydrazine groups is 1. The van der Waals surface area contributed by atoms with Gasteiger partial charge in [-0.15, -0.1) is 0 Å². The molecule has 5 rings (SSSR count). The molecule has 1 aromatic rings. The van der Waals surface area contributed by atoms with Crippen LogP contribution in [0.25, 0.3) is 0 Å². The molecule has 11 nitrogen and oxygen atoms in total. The van der Waals surface area contributed by atoms with Crippen LogP contribution in [-0.2, 0) is 14.4 Å². The van der Waals surface area contributed by atoms with Crippen molar-refractivity contribution in [2.24, 2.45) is 10.9 Å². The van der Waals surface area contributed by atoms with E-state index in [1.807, 2.05) is 44.4 Å². The zero-order chi connectivity index (χ0) is 25.2. The highest BCUT2D eigenvalue weighted by Gasteiger charge is 2.45. The summed E-state index contributed by atoms with van der Waals surface area (Å²) in [4.78, 5) is 55.5. The lowest BCUT2D eigenvalue weighted by atomic mass is 10.0. The second-order valence-corrected chi connectivity index (χ2v) is 10.8. The minimum Gasteiger partial charge on any atom is -0.339 e. The predicted octanol–water partition coefficient (Wildman–Crippen LogP) is -0.911. The molecule has 194 valence electrons. The Hall–Kier alpha value is -2.51. The molecule has 0 aromatic heterocycles. The summed E-state index contributed by atoms with van der Waals surface area (Å²) in [5.74, 6) is -0.867. The van der Waals surface area contributed by atoms with Crippen LogP contribution in [-0.4, -0.2) is 127 Å². The fraction of sp³-hybridized carbons (Fsp3) is 0.583. The Kier molecular flexibility index (Phi) is 7.58. The van der Waals surface area contributed by atoms with Crippen molar-refractivity contribution >= 4 is 40.3 Å². The van der Waals surface area contributed by atoms with Gasteiger partial charge in [-0.2, -0.15) is 0 Å². The van der Waals surface area contributed by atoms with Gasteiger partial charge >= 0.3 is 0 Å². The summed E-state index contributed by atoms with van der Waals surface area (Å²) < 4.78 is 0. The quantitative estimate of drug-likeness (QED) is 0.498. The third kappa shape index (κ3) is 5.14. The molecule has 4 heterocycles. The van der Waals surface area contributed by atoms with Crippen molar-refractivity contribution < 1.29 is 14.4 Å². The van der Waals surface area contributed by atoms with E-state index in [0.717, 1.165) is 37.9 Å². The number of likely N-dealkylation sites (N-methyl/N-ethyl adjacent to an activating group) is 2.